The zero-order chi connectivity index (χ0) is 19.9. The Kier molecular flexibility index (Phi) is 6.37. The molecule has 0 unspecified atom stereocenters. The highest BCUT2D eigenvalue weighted by atomic mass is 16.5. The number of benzene rings is 1. The summed E-state index contributed by atoms with van der Waals surface area (Å²) in [6, 6.07) is 9.27. The van der Waals surface area contributed by atoms with E-state index >= 15 is 0 Å². The van der Waals surface area contributed by atoms with Gasteiger partial charge in [0.15, 0.2) is 18.0 Å². The number of hydrogen-bond acceptors (Lipinski definition) is 5. The number of nitrogen functional groups attached to an aromatic ring is 1. The number of carbonyl (C=O) groups is 1. The zero-order valence-electron chi connectivity index (χ0n) is 16.3. The monoisotopic (exact) mass is 382 g/mol. The van der Waals surface area contributed by atoms with E-state index < -0.39 is 0 Å². The third-order valence-electron chi connectivity index (χ3n) is 4.26. The number of amides is 1. The highest BCUT2D eigenvalue weighted by Crippen LogP contribution is 2.29. The average molecular weight is 382 g/mol. The van der Waals surface area contributed by atoms with Crippen LogP contribution in [0, 0.1) is 0 Å². The molecule has 0 aliphatic heterocycles. The molecule has 3 rings (SSSR count). The number of anilines is 1. The van der Waals surface area contributed by atoms with Crippen LogP contribution in [0.2, 0.25) is 0 Å². The van der Waals surface area contributed by atoms with E-state index in [2.05, 4.69) is 17.2 Å². The molecule has 28 heavy (non-hydrogen) atoms. The summed E-state index contributed by atoms with van der Waals surface area (Å²) in [5, 5.41) is 2.84. The fraction of sp³-hybridized carbons (Fsp3) is 0.333. The van der Waals surface area contributed by atoms with Gasteiger partial charge in [0.2, 0.25) is 0 Å². The number of nitrogens with one attached hydrogen (secondary N) is 1. The number of rotatable bonds is 9. The van der Waals surface area contributed by atoms with Crippen molar-refractivity contribution >= 4 is 17.2 Å². The van der Waals surface area contributed by atoms with Crippen LogP contribution in [0.3, 0.4) is 0 Å². The molecule has 2 aromatic heterocycles. The van der Waals surface area contributed by atoms with Gasteiger partial charge in [0.1, 0.15) is 5.75 Å². The van der Waals surface area contributed by atoms with E-state index in [1.54, 1.807) is 6.07 Å². The first-order chi connectivity index (χ1) is 13.6. The van der Waals surface area contributed by atoms with Crippen LogP contribution in [0.5, 0.6) is 11.5 Å². The third kappa shape index (κ3) is 4.54. The number of pyridine rings is 1. The van der Waals surface area contributed by atoms with Crippen molar-refractivity contribution in [3.05, 3.63) is 42.7 Å². The van der Waals surface area contributed by atoms with E-state index in [1.807, 2.05) is 48.0 Å². The zero-order valence-corrected chi connectivity index (χ0v) is 16.3. The molecule has 7 nitrogen and oxygen atoms in total. The summed E-state index contributed by atoms with van der Waals surface area (Å²) < 4.78 is 13.0. The van der Waals surface area contributed by atoms with E-state index in [4.69, 9.17) is 15.2 Å². The molecular weight excluding hydrogens is 356 g/mol. The average Bonchev–Trinajstić information content (AvgIpc) is 3.13. The SMILES string of the molecule is CCCCNC(=O)COc1cccn2cc(-c3ccc(OCC)c(N)c3)nc12. The van der Waals surface area contributed by atoms with E-state index in [0.29, 0.717) is 36.0 Å². The lowest BCUT2D eigenvalue weighted by Crippen LogP contribution is -2.29. The van der Waals surface area contributed by atoms with Gasteiger partial charge in [-0.2, -0.15) is 0 Å². The van der Waals surface area contributed by atoms with Gasteiger partial charge in [-0.05, 0) is 43.7 Å². The van der Waals surface area contributed by atoms with Crippen molar-refractivity contribution in [2.45, 2.75) is 26.7 Å². The Labute approximate surface area is 164 Å². The minimum Gasteiger partial charge on any atom is -0.492 e. The van der Waals surface area contributed by atoms with Crippen molar-refractivity contribution in [1.29, 1.82) is 0 Å². The summed E-state index contributed by atoms with van der Waals surface area (Å²) >= 11 is 0. The Morgan fingerprint density at radius 3 is 2.82 bits per heavy atom. The molecular formula is C21H26N4O3. The standard InChI is InChI=1S/C21H26N4O3/c1-3-5-10-23-20(26)14-28-19-7-6-11-25-13-17(24-21(19)25)15-8-9-18(27-4-2)16(22)12-15/h6-9,11-13H,3-5,10,14,22H2,1-2H3,(H,23,26). The number of imidazole rings is 1. The molecule has 0 bridgehead atoms. The first kappa shape index (κ1) is 19.5. The van der Waals surface area contributed by atoms with Gasteiger partial charge in [-0.25, -0.2) is 4.98 Å². The van der Waals surface area contributed by atoms with Crippen LogP contribution in [0.15, 0.2) is 42.7 Å². The molecule has 0 aliphatic carbocycles. The summed E-state index contributed by atoms with van der Waals surface area (Å²) in [4.78, 5) is 16.6. The molecule has 1 amide bonds. The molecule has 148 valence electrons. The molecule has 0 aliphatic rings. The first-order valence-electron chi connectivity index (χ1n) is 9.52. The van der Waals surface area contributed by atoms with Gasteiger partial charge in [-0.15, -0.1) is 0 Å². The van der Waals surface area contributed by atoms with Crippen molar-refractivity contribution in [2.75, 3.05) is 25.5 Å². The molecule has 2 heterocycles. The Bertz CT molecular complexity index is 952. The minimum atomic E-state index is -0.137. The molecule has 0 fully saturated rings. The summed E-state index contributed by atoms with van der Waals surface area (Å²) in [7, 11) is 0. The third-order valence-corrected chi connectivity index (χ3v) is 4.26. The number of aromatic nitrogens is 2. The van der Waals surface area contributed by atoms with E-state index in [1.165, 1.54) is 0 Å². The van der Waals surface area contributed by atoms with Gasteiger partial charge < -0.3 is 24.9 Å². The van der Waals surface area contributed by atoms with Gasteiger partial charge in [0.25, 0.3) is 5.91 Å². The summed E-state index contributed by atoms with van der Waals surface area (Å²) in [6.07, 6.45) is 5.78. The smallest absolute Gasteiger partial charge is 0.257 e. The number of nitrogens with zero attached hydrogens (tertiary/aromatic N) is 2. The maximum Gasteiger partial charge on any atom is 0.257 e. The molecule has 1 aromatic carbocycles. The molecule has 7 heteroatoms. The largest absolute Gasteiger partial charge is 0.492 e. The quantitative estimate of drug-likeness (QED) is 0.438. The van der Waals surface area contributed by atoms with Crippen molar-refractivity contribution in [3.8, 4) is 22.8 Å². The van der Waals surface area contributed by atoms with Crippen LogP contribution in [0.1, 0.15) is 26.7 Å². The Balaban J connectivity index is 1.78. The summed E-state index contributed by atoms with van der Waals surface area (Å²) in [6.45, 7) is 5.18. The number of unbranched alkanes of at least 4 members (excludes halogenated alkanes) is 1. The number of ether oxygens (including phenoxy) is 2. The Morgan fingerprint density at radius 1 is 1.21 bits per heavy atom. The van der Waals surface area contributed by atoms with Gasteiger partial charge in [0.05, 0.1) is 18.0 Å². The Morgan fingerprint density at radius 2 is 2.07 bits per heavy atom. The van der Waals surface area contributed by atoms with Crippen LogP contribution in [-0.4, -0.2) is 35.1 Å². The predicted octanol–water partition coefficient (Wildman–Crippen LogP) is 3.28. The lowest BCUT2D eigenvalue weighted by molar-refractivity contribution is -0.123. The Hall–Kier alpha value is -3.22. The normalized spacial score (nSPS) is 10.8. The number of nitrogens with two attached hydrogens (primary N) is 1. The van der Waals surface area contributed by atoms with E-state index in [-0.39, 0.29) is 12.5 Å². The van der Waals surface area contributed by atoms with Crippen molar-refractivity contribution in [2.24, 2.45) is 0 Å². The maximum atomic E-state index is 11.9. The second-order valence-corrected chi connectivity index (χ2v) is 6.41. The predicted molar refractivity (Wildman–Crippen MR) is 110 cm³/mol. The number of hydrogen-bond donors (Lipinski definition) is 2. The fourth-order valence-corrected chi connectivity index (χ4v) is 2.83. The molecule has 3 aromatic rings. The van der Waals surface area contributed by atoms with Crippen molar-refractivity contribution < 1.29 is 14.3 Å². The molecule has 0 saturated carbocycles. The van der Waals surface area contributed by atoms with Crippen molar-refractivity contribution in [3.63, 3.8) is 0 Å². The summed E-state index contributed by atoms with van der Waals surface area (Å²) in [5.41, 5.74) is 8.93. The molecule has 0 radical (unpaired) electrons. The van der Waals surface area contributed by atoms with E-state index in [0.717, 1.165) is 24.1 Å². The van der Waals surface area contributed by atoms with E-state index in [9.17, 15) is 4.79 Å². The van der Waals surface area contributed by atoms with Crippen LogP contribution in [-0.2, 0) is 4.79 Å². The molecule has 3 N–H and O–H groups in total. The molecule has 0 spiro atoms. The topological polar surface area (TPSA) is 90.9 Å². The maximum absolute atomic E-state index is 11.9. The van der Waals surface area contributed by atoms with Gasteiger partial charge >= 0.3 is 0 Å². The second kappa shape index (κ2) is 9.12. The van der Waals surface area contributed by atoms with Crippen LogP contribution in [0.4, 0.5) is 5.69 Å². The highest BCUT2D eigenvalue weighted by Gasteiger charge is 2.12. The van der Waals surface area contributed by atoms with Crippen LogP contribution in [0.25, 0.3) is 16.9 Å². The number of carbonyl (C=O) groups excluding carboxylic acids is 1. The molecule has 0 saturated heterocycles. The first-order valence-corrected chi connectivity index (χ1v) is 9.52. The summed E-state index contributed by atoms with van der Waals surface area (Å²) in [5.74, 6) is 1.08. The lowest BCUT2D eigenvalue weighted by atomic mass is 10.1. The van der Waals surface area contributed by atoms with Crippen LogP contribution >= 0.6 is 0 Å². The number of fused-ring (bicyclic) bond motifs is 1. The van der Waals surface area contributed by atoms with Gasteiger partial charge in [0, 0.05) is 24.5 Å². The van der Waals surface area contributed by atoms with Crippen molar-refractivity contribution in [1.82, 2.24) is 14.7 Å². The fourth-order valence-electron chi connectivity index (χ4n) is 2.83. The van der Waals surface area contributed by atoms with Gasteiger partial charge in [-0.1, -0.05) is 13.3 Å². The van der Waals surface area contributed by atoms with Crippen LogP contribution < -0.4 is 20.5 Å². The van der Waals surface area contributed by atoms with Gasteiger partial charge in [-0.3, -0.25) is 4.79 Å². The second-order valence-electron chi connectivity index (χ2n) is 6.41. The molecule has 0 atom stereocenters. The highest BCUT2D eigenvalue weighted by molar-refractivity contribution is 5.78. The lowest BCUT2D eigenvalue weighted by Gasteiger charge is -2.08. The minimum absolute atomic E-state index is 0.0401.